The summed E-state index contributed by atoms with van der Waals surface area (Å²) in [6.45, 7) is 9.05. The third-order valence-electron chi connectivity index (χ3n) is 4.96. The maximum absolute atomic E-state index is 12.5. The average molecular weight is 324 g/mol. The Kier molecular flexibility index (Phi) is 5.93. The monoisotopic (exact) mass is 324 g/mol. The van der Waals surface area contributed by atoms with E-state index in [1.54, 1.807) is 4.90 Å². The normalized spacial score (nSPS) is 26.7. The van der Waals surface area contributed by atoms with Crippen molar-refractivity contribution in [1.29, 1.82) is 0 Å². The van der Waals surface area contributed by atoms with Gasteiger partial charge in [0.15, 0.2) is 0 Å². The molecule has 0 aromatic rings. The van der Waals surface area contributed by atoms with E-state index in [-0.39, 0.29) is 17.9 Å². The zero-order valence-corrected chi connectivity index (χ0v) is 15.1. The van der Waals surface area contributed by atoms with Crippen molar-refractivity contribution in [3.8, 4) is 0 Å². The van der Waals surface area contributed by atoms with E-state index in [0.717, 1.165) is 19.3 Å². The highest BCUT2D eigenvalue weighted by molar-refractivity contribution is 5.79. The number of amides is 2. The van der Waals surface area contributed by atoms with Crippen LogP contribution in [0.3, 0.4) is 0 Å². The predicted octanol–water partition coefficient (Wildman–Crippen LogP) is 3.33. The summed E-state index contributed by atoms with van der Waals surface area (Å²) in [5.41, 5.74) is -0.470. The van der Waals surface area contributed by atoms with Crippen LogP contribution in [-0.4, -0.2) is 41.6 Å². The number of likely N-dealkylation sites (tertiary alicyclic amines) is 1. The maximum Gasteiger partial charge on any atom is 0.410 e. The van der Waals surface area contributed by atoms with Crippen LogP contribution in [-0.2, 0) is 9.53 Å². The summed E-state index contributed by atoms with van der Waals surface area (Å²) < 4.78 is 5.39. The lowest BCUT2D eigenvalue weighted by molar-refractivity contribution is -0.127. The number of rotatable bonds is 2. The molecule has 0 spiro atoms. The number of hydrogen-bond acceptors (Lipinski definition) is 3. The minimum absolute atomic E-state index is 0.0304. The molecule has 0 aromatic carbocycles. The van der Waals surface area contributed by atoms with Crippen molar-refractivity contribution in [3.05, 3.63) is 0 Å². The Bertz CT molecular complexity index is 422. The second kappa shape index (κ2) is 7.54. The Balaban J connectivity index is 1.77. The number of hydrogen-bond donors (Lipinski definition) is 1. The smallest absolute Gasteiger partial charge is 0.410 e. The number of ether oxygens (including phenoxy) is 1. The van der Waals surface area contributed by atoms with Gasteiger partial charge >= 0.3 is 6.09 Å². The Morgan fingerprint density at radius 2 is 1.65 bits per heavy atom. The first-order valence-electron chi connectivity index (χ1n) is 9.04. The SMILES string of the molecule is C[C@H]1CCCC[C@@H]1NC(=O)C1CCN(C(=O)OC(C)(C)C)CC1. The van der Waals surface area contributed by atoms with Gasteiger partial charge in [-0.05, 0) is 52.4 Å². The van der Waals surface area contributed by atoms with Gasteiger partial charge in [0.25, 0.3) is 0 Å². The number of carbonyl (C=O) groups is 2. The molecule has 1 aliphatic carbocycles. The largest absolute Gasteiger partial charge is 0.444 e. The van der Waals surface area contributed by atoms with Crippen molar-refractivity contribution in [1.82, 2.24) is 10.2 Å². The molecule has 0 unspecified atom stereocenters. The first kappa shape index (κ1) is 18.1. The number of nitrogens with one attached hydrogen (secondary N) is 1. The zero-order chi connectivity index (χ0) is 17.0. The number of nitrogens with zero attached hydrogens (tertiary/aromatic N) is 1. The van der Waals surface area contributed by atoms with Crippen molar-refractivity contribution in [2.45, 2.75) is 77.9 Å². The summed E-state index contributed by atoms with van der Waals surface area (Å²) in [6.07, 6.45) is 6.00. The number of carbonyl (C=O) groups excluding carboxylic acids is 2. The van der Waals surface area contributed by atoms with Crippen LogP contribution in [0.2, 0.25) is 0 Å². The van der Waals surface area contributed by atoms with E-state index in [9.17, 15) is 9.59 Å². The summed E-state index contributed by atoms with van der Waals surface area (Å²) in [5.74, 6) is 0.782. The van der Waals surface area contributed by atoms with Gasteiger partial charge in [0.1, 0.15) is 5.60 Å². The molecule has 5 nitrogen and oxygen atoms in total. The molecule has 132 valence electrons. The van der Waals surface area contributed by atoms with Crippen molar-refractivity contribution < 1.29 is 14.3 Å². The second-order valence-corrected chi connectivity index (χ2v) is 8.12. The molecule has 2 aliphatic rings. The van der Waals surface area contributed by atoms with Crippen LogP contribution >= 0.6 is 0 Å². The minimum Gasteiger partial charge on any atom is -0.444 e. The zero-order valence-electron chi connectivity index (χ0n) is 15.1. The van der Waals surface area contributed by atoms with E-state index in [0.29, 0.717) is 25.0 Å². The van der Waals surface area contributed by atoms with E-state index >= 15 is 0 Å². The van der Waals surface area contributed by atoms with Crippen LogP contribution in [0.1, 0.15) is 66.2 Å². The standard InChI is InChI=1S/C18H32N2O3/c1-13-7-5-6-8-15(13)19-16(21)14-9-11-20(12-10-14)17(22)23-18(2,3)4/h13-15H,5-12H2,1-4H3,(H,19,21)/t13-,15-/m0/s1. The Morgan fingerprint density at radius 3 is 2.22 bits per heavy atom. The quantitative estimate of drug-likeness (QED) is 0.847. The van der Waals surface area contributed by atoms with E-state index in [2.05, 4.69) is 12.2 Å². The van der Waals surface area contributed by atoms with Crippen molar-refractivity contribution in [2.75, 3.05) is 13.1 Å². The van der Waals surface area contributed by atoms with Gasteiger partial charge in [0.2, 0.25) is 5.91 Å². The maximum atomic E-state index is 12.5. The molecule has 23 heavy (non-hydrogen) atoms. The van der Waals surface area contributed by atoms with Gasteiger partial charge in [-0.2, -0.15) is 0 Å². The summed E-state index contributed by atoms with van der Waals surface area (Å²) in [7, 11) is 0. The van der Waals surface area contributed by atoms with Crippen LogP contribution in [0.4, 0.5) is 4.79 Å². The molecular weight excluding hydrogens is 292 g/mol. The molecule has 2 atom stereocenters. The predicted molar refractivity (Wildman–Crippen MR) is 90.1 cm³/mol. The molecule has 1 heterocycles. The van der Waals surface area contributed by atoms with Gasteiger partial charge in [-0.3, -0.25) is 4.79 Å². The lowest BCUT2D eigenvalue weighted by Gasteiger charge is -2.35. The minimum atomic E-state index is -0.470. The average Bonchev–Trinajstić information content (AvgIpc) is 2.48. The molecule has 2 rings (SSSR count). The third kappa shape index (κ3) is 5.40. The molecular formula is C18H32N2O3. The fourth-order valence-electron chi connectivity index (χ4n) is 3.48. The molecule has 1 saturated carbocycles. The van der Waals surface area contributed by atoms with Gasteiger partial charge in [-0.25, -0.2) is 4.79 Å². The summed E-state index contributed by atoms with van der Waals surface area (Å²) in [6, 6.07) is 0.333. The highest BCUT2D eigenvalue weighted by atomic mass is 16.6. The molecule has 0 aromatic heterocycles. The molecule has 1 N–H and O–H groups in total. The van der Waals surface area contributed by atoms with Crippen molar-refractivity contribution >= 4 is 12.0 Å². The Hall–Kier alpha value is -1.26. The number of piperidine rings is 1. The second-order valence-electron chi connectivity index (χ2n) is 8.12. The third-order valence-corrected chi connectivity index (χ3v) is 4.96. The molecule has 1 aliphatic heterocycles. The summed E-state index contributed by atoms with van der Waals surface area (Å²) in [4.78, 5) is 26.2. The van der Waals surface area contributed by atoms with Gasteiger partial charge in [0.05, 0.1) is 0 Å². The van der Waals surface area contributed by atoms with Gasteiger partial charge in [-0.15, -0.1) is 0 Å². The van der Waals surface area contributed by atoms with Crippen molar-refractivity contribution in [3.63, 3.8) is 0 Å². The van der Waals surface area contributed by atoms with Crippen molar-refractivity contribution in [2.24, 2.45) is 11.8 Å². The van der Waals surface area contributed by atoms with Crippen LogP contribution in [0.25, 0.3) is 0 Å². The van der Waals surface area contributed by atoms with Gasteiger partial charge in [0, 0.05) is 25.0 Å². The molecule has 0 bridgehead atoms. The lowest BCUT2D eigenvalue weighted by atomic mass is 9.85. The van der Waals surface area contributed by atoms with Gasteiger partial charge < -0.3 is 15.0 Å². The first-order valence-corrected chi connectivity index (χ1v) is 9.04. The fraction of sp³-hybridized carbons (Fsp3) is 0.889. The van der Waals surface area contributed by atoms with E-state index in [4.69, 9.17) is 4.74 Å². The summed E-state index contributed by atoms with van der Waals surface area (Å²) in [5, 5.41) is 3.25. The van der Waals surface area contributed by atoms with Crippen LogP contribution in [0.15, 0.2) is 0 Å². The van der Waals surface area contributed by atoms with Gasteiger partial charge in [-0.1, -0.05) is 19.8 Å². The van der Waals surface area contributed by atoms with E-state index < -0.39 is 5.60 Å². The summed E-state index contributed by atoms with van der Waals surface area (Å²) >= 11 is 0. The lowest BCUT2D eigenvalue weighted by Crippen LogP contribution is -2.48. The van der Waals surface area contributed by atoms with Crippen LogP contribution in [0, 0.1) is 11.8 Å². The topological polar surface area (TPSA) is 58.6 Å². The van der Waals surface area contributed by atoms with E-state index in [1.165, 1.54) is 19.3 Å². The molecule has 0 radical (unpaired) electrons. The Morgan fingerprint density at radius 1 is 1.04 bits per heavy atom. The molecule has 5 heteroatoms. The molecule has 2 fully saturated rings. The highest BCUT2D eigenvalue weighted by Crippen LogP contribution is 2.25. The fourth-order valence-corrected chi connectivity index (χ4v) is 3.48. The molecule has 1 saturated heterocycles. The van der Waals surface area contributed by atoms with Crippen LogP contribution in [0.5, 0.6) is 0 Å². The van der Waals surface area contributed by atoms with E-state index in [1.807, 2.05) is 20.8 Å². The molecule has 2 amide bonds. The highest BCUT2D eigenvalue weighted by Gasteiger charge is 2.31. The Labute approximate surface area is 140 Å². The first-order chi connectivity index (χ1) is 10.8. The van der Waals surface area contributed by atoms with Crippen LogP contribution < -0.4 is 5.32 Å².